The van der Waals surface area contributed by atoms with Gasteiger partial charge in [-0.2, -0.15) is 0 Å². The molecule has 1 fully saturated rings. The fraction of sp³-hybridized carbons (Fsp3) is 0.182. The second-order valence-corrected chi connectivity index (χ2v) is 7.03. The van der Waals surface area contributed by atoms with Crippen molar-refractivity contribution in [3.05, 3.63) is 60.2 Å². The fourth-order valence-electron chi connectivity index (χ4n) is 3.28. The third-order valence-corrected chi connectivity index (χ3v) is 4.97. The molecule has 0 aromatic heterocycles. The largest absolute Gasteiger partial charge is 0.454 e. The number of rotatable bonds is 4. The predicted molar refractivity (Wildman–Crippen MR) is 106 cm³/mol. The van der Waals surface area contributed by atoms with Crippen LogP contribution in [0.4, 0.5) is 11.4 Å². The summed E-state index contributed by atoms with van der Waals surface area (Å²) < 4.78 is 10.7. The van der Waals surface area contributed by atoms with Crippen LogP contribution in [0.15, 0.2) is 54.6 Å². The molecule has 0 bridgehead atoms. The highest BCUT2D eigenvalue weighted by Gasteiger charge is 2.30. The zero-order chi connectivity index (χ0) is 19.1. The van der Waals surface area contributed by atoms with Crippen molar-refractivity contribution in [1.29, 1.82) is 0 Å². The highest BCUT2D eigenvalue weighted by Crippen LogP contribution is 2.35. The number of nitrogens with one attached hydrogen (secondary N) is 2. The Bertz CT molecular complexity index is 1100. The van der Waals surface area contributed by atoms with Gasteiger partial charge in [-0.15, -0.1) is 0 Å². The van der Waals surface area contributed by atoms with E-state index in [9.17, 15) is 9.59 Å². The molecule has 140 valence electrons. The molecule has 0 spiro atoms. The van der Waals surface area contributed by atoms with E-state index >= 15 is 0 Å². The van der Waals surface area contributed by atoms with Gasteiger partial charge in [-0.25, -0.2) is 0 Å². The number of carbonyl (C=O) groups excluding carboxylic acids is 2. The van der Waals surface area contributed by atoms with Crippen molar-refractivity contribution in [2.24, 2.45) is 5.92 Å². The van der Waals surface area contributed by atoms with Gasteiger partial charge in [0.25, 0.3) is 5.91 Å². The van der Waals surface area contributed by atoms with E-state index in [1.54, 1.807) is 24.3 Å². The van der Waals surface area contributed by atoms with Crippen molar-refractivity contribution in [2.45, 2.75) is 12.8 Å². The lowest BCUT2D eigenvalue weighted by molar-refractivity contribution is -0.117. The molecule has 2 amide bonds. The minimum atomic E-state index is -0.296. The molecule has 1 saturated carbocycles. The number of fused-ring (bicyclic) bond motifs is 2. The molecular formula is C22H18N2O4. The van der Waals surface area contributed by atoms with Crippen molar-refractivity contribution in [1.82, 2.24) is 0 Å². The lowest BCUT2D eigenvalue weighted by Gasteiger charge is -2.13. The number of ether oxygens (including phenoxy) is 2. The molecule has 6 nitrogen and oxygen atoms in total. The minimum absolute atomic E-state index is 0.0348. The monoisotopic (exact) mass is 374 g/mol. The highest BCUT2D eigenvalue weighted by atomic mass is 16.7. The minimum Gasteiger partial charge on any atom is -0.454 e. The molecule has 5 rings (SSSR count). The summed E-state index contributed by atoms with van der Waals surface area (Å²) in [5.74, 6) is 0.971. The van der Waals surface area contributed by atoms with Crippen LogP contribution in [-0.4, -0.2) is 18.6 Å². The first-order chi connectivity index (χ1) is 13.7. The summed E-state index contributed by atoms with van der Waals surface area (Å²) in [5.41, 5.74) is 1.54. The molecule has 0 unspecified atom stereocenters. The van der Waals surface area contributed by atoms with E-state index in [0.717, 1.165) is 23.6 Å². The number of amides is 2. The van der Waals surface area contributed by atoms with Gasteiger partial charge >= 0.3 is 0 Å². The summed E-state index contributed by atoms with van der Waals surface area (Å²) in [6.07, 6.45) is 1.80. The van der Waals surface area contributed by atoms with Crippen LogP contribution in [-0.2, 0) is 4.79 Å². The molecule has 1 heterocycles. The molecule has 1 aliphatic carbocycles. The van der Waals surface area contributed by atoms with Gasteiger partial charge in [0.05, 0.1) is 11.3 Å². The Balaban J connectivity index is 1.48. The maximum absolute atomic E-state index is 13.0. The SMILES string of the molecule is O=C(Nc1ccc2c(c1)OCO2)c1cc2ccccc2cc1NC(=O)C1CC1. The Hall–Kier alpha value is -3.54. The number of carbonyl (C=O) groups is 2. The Kier molecular flexibility index (Phi) is 3.90. The first kappa shape index (κ1) is 16.6. The standard InChI is InChI=1S/C22H18N2O4/c25-21(13-5-6-13)24-18-10-15-4-2-1-3-14(15)9-17(18)22(26)23-16-7-8-19-20(11-16)28-12-27-19/h1-4,7-11,13H,5-6,12H2,(H,23,26)(H,24,25). The molecule has 3 aromatic rings. The lowest BCUT2D eigenvalue weighted by atomic mass is 10.0. The number of hydrogen-bond donors (Lipinski definition) is 2. The topological polar surface area (TPSA) is 76.7 Å². The van der Waals surface area contributed by atoms with Gasteiger partial charge in [0, 0.05) is 17.7 Å². The van der Waals surface area contributed by atoms with E-state index in [4.69, 9.17) is 9.47 Å². The average Bonchev–Trinajstić information content (AvgIpc) is 3.45. The molecule has 1 aliphatic heterocycles. The van der Waals surface area contributed by atoms with Crippen LogP contribution in [0.3, 0.4) is 0 Å². The molecular weight excluding hydrogens is 356 g/mol. The second-order valence-electron chi connectivity index (χ2n) is 7.03. The molecule has 3 aromatic carbocycles. The van der Waals surface area contributed by atoms with Crippen LogP contribution in [0.5, 0.6) is 11.5 Å². The van der Waals surface area contributed by atoms with Crippen LogP contribution in [0.1, 0.15) is 23.2 Å². The number of anilines is 2. The van der Waals surface area contributed by atoms with E-state index in [1.165, 1.54) is 0 Å². The van der Waals surface area contributed by atoms with Crippen LogP contribution >= 0.6 is 0 Å². The van der Waals surface area contributed by atoms with Crippen LogP contribution in [0, 0.1) is 5.92 Å². The van der Waals surface area contributed by atoms with E-state index in [2.05, 4.69) is 10.6 Å². The Morgan fingerprint density at radius 1 is 0.857 bits per heavy atom. The molecule has 6 heteroatoms. The Morgan fingerprint density at radius 2 is 1.61 bits per heavy atom. The first-order valence-electron chi connectivity index (χ1n) is 9.22. The summed E-state index contributed by atoms with van der Waals surface area (Å²) in [5, 5.41) is 7.71. The molecule has 2 aliphatic rings. The van der Waals surface area contributed by atoms with Crippen molar-refractivity contribution in [3.63, 3.8) is 0 Å². The van der Waals surface area contributed by atoms with Crippen LogP contribution < -0.4 is 20.1 Å². The molecule has 0 radical (unpaired) electrons. The van der Waals surface area contributed by atoms with Gasteiger partial charge in [-0.05, 0) is 47.9 Å². The summed E-state index contributed by atoms with van der Waals surface area (Å²) in [6.45, 7) is 0.175. The second kappa shape index (κ2) is 6.56. The predicted octanol–water partition coefficient (Wildman–Crippen LogP) is 4.17. The highest BCUT2D eigenvalue weighted by molar-refractivity contribution is 6.13. The van der Waals surface area contributed by atoms with E-state index < -0.39 is 0 Å². The van der Waals surface area contributed by atoms with Crippen molar-refractivity contribution >= 4 is 34.0 Å². The van der Waals surface area contributed by atoms with Crippen molar-refractivity contribution < 1.29 is 19.1 Å². The first-order valence-corrected chi connectivity index (χ1v) is 9.22. The summed E-state index contributed by atoms with van der Waals surface area (Å²) in [7, 11) is 0. The lowest BCUT2D eigenvalue weighted by Crippen LogP contribution is -2.19. The Labute approximate surface area is 161 Å². The maximum Gasteiger partial charge on any atom is 0.257 e. The van der Waals surface area contributed by atoms with Gasteiger partial charge in [0.15, 0.2) is 11.5 Å². The smallest absolute Gasteiger partial charge is 0.257 e. The van der Waals surface area contributed by atoms with Gasteiger partial charge < -0.3 is 20.1 Å². The summed E-state index contributed by atoms with van der Waals surface area (Å²) in [4.78, 5) is 25.3. The van der Waals surface area contributed by atoms with Crippen molar-refractivity contribution in [3.8, 4) is 11.5 Å². The quantitative estimate of drug-likeness (QED) is 0.719. The Morgan fingerprint density at radius 3 is 2.39 bits per heavy atom. The van der Waals surface area contributed by atoms with E-state index in [-0.39, 0.29) is 24.5 Å². The number of benzene rings is 3. The van der Waals surface area contributed by atoms with Gasteiger partial charge in [0.2, 0.25) is 12.7 Å². The van der Waals surface area contributed by atoms with Gasteiger partial charge in [-0.1, -0.05) is 24.3 Å². The summed E-state index contributed by atoms with van der Waals surface area (Å²) in [6, 6.07) is 16.7. The van der Waals surface area contributed by atoms with E-state index in [1.807, 2.05) is 30.3 Å². The molecule has 0 saturated heterocycles. The summed E-state index contributed by atoms with van der Waals surface area (Å²) >= 11 is 0. The van der Waals surface area contributed by atoms with Crippen LogP contribution in [0.25, 0.3) is 10.8 Å². The van der Waals surface area contributed by atoms with Gasteiger partial charge in [0.1, 0.15) is 0 Å². The maximum atomic E-state index is 13.0. The molecule has 0 atom stereocenters. The van der Waals surface area contributed by atoms with Gasteiger partial charge in [-0.3, -0.25) is 9.59 Å². The van der Waals surface area contributed by atoms with E-state index in [0.29, 0.717) is 28.4 Å². The zero-order valence-electron chi connectivity index (χ0n) is 15.0. The third kappa shape index (κ3) is 3.13. The molecule has 2 N–H and O–H groups in total. The zero-order valence-corrected chi connectivity index (χ0v) is 15.0. The van der Waals surface area contributed by atoms with Crippen LogP contribution in [0.2, 0.25) is 0 Å². The normalized spacial score (nSPS) is 14.7. The fourth-order valence-corrected chi connectivity index (χ4v) is 3.28. The third-order valence-electron chi connectivity index (χ3n) is 4.97. The van der Waals surface area contributed by atoms with Crippen molar-refractivity contribution in [2.75, 3.05) is 17.4 Å². The molecule has 28 heavy (non-hydrogen) atoms. The average molecular weight is 374 g/mol. The number of hydrogen-bond acceptors (Lipinski definition) is 4.